The first kappa shape index (κ1) is 14.0. The summed E-state index contributed by atoms with van der Waals surface area (Å²) in [6, 6.07) is 8.63. The Hall–Kier alpha value is -1.40. The highest BCUT2D eigenvalue weighted by Gasteiger charge is 2.08. The number of nitrogens with one attached hydrogen (secondary N) is 1. The molecule has 0 amide bonds. The van der Waals surface area contributed by atoms with Gasteiger partial charge in [-0.15, -0.1) is 0 Å². The lowest BCUT2D eigenvalue weighted by atomic mass is 10.2. The van der Waals surface area contributed by atoms with Crippen molar-refractivity contribution >= 4 is 33.5 Å². The van der Waals surface area contributed by atoms with Crippen LogP contribution < -0.4 is 5.56 Å². The molecule has 0 atom stereocenters. The van der Waals surface area contributed by atoms with Crippen LogP contribution >= 0.6 is 27.7 Å². The Kier molecular flexibility index (Phi) is 4.55. The minimum Gasteiger partial charge on any atom is -0.301 e. The third-order valence-electron chi connectivity index (χ3n) is 2.33. The summed E-state index contributed by atoms with van der Waals surface area (Å²) < 4.78 is 0.866. The van der Waals surface area contributed by atoms with Gasteiger partial charge in [-0.05, 0) is 19.1 Å². The number of ketones is 1. The average molecular weight is 339 g/mol. The summed E-state index contributed by atoms with van der Waals surface area (Å²) in [7, 11) is 0. The van der Waals surface area contributed by atoms with Gasteiger partial charge in [0.1, 0.15) is 0 Å². The van der Waals surface area contributed by atoms with Gasteiger partial charge in [0, 0.05) is 21.8 Å². The summed E-state index contributed by atoms with van der Waals surface area (Å²) in [5.41, 5.74) is 1.07. The molecule has 1 N–H and O–H groups in total. The number of Topliss-reactive ketones (excluding diaryl/α,β-unsaturated/α-hetero) is 1. The van der Waals surface area contributed by atoms with Gasteiger partial charge in [0.2, 0.25) is 0 Å². The van der Waals surface area contributed by atoms with Crippen LogP contribution in [0.3, 0.4) is 0 Å². The topological polar surface area (TPSA) is 62.8 Å². The van der Waals surface area contributed by atoms with Crippen molar-refractivity contribution in [2.24, 2.45) is 0 Å². The summed E-state index contributed by atoms with van der Waals surface area (Å²) in [4.78, 5) is 30.0. The number of benzene rings is 1. The molecule has 4 nitrogen and oxygen atoms in total. The molecule has 0 aliphatic carbocycles. The molecule has 0 saturated carbocycles. The van der Waals surface area contributed by atoms with Crippen molar-refractivity contribution in [1.82, 2.24) is 9.97 Å². The number of halogens is 1. The highest BCUT2D eigenvalue weighted by Crippen LogP contribution is 2.16. The summed E-state index contributed by atoms with van der Waals surface area (Å²) in [5, 5.41) is 0.466. The van der Waals surface area contributed by atoms with E-state index in [4.69, 9.17) is 0 Å². The third kappa shape index (κ3) is 4.04. The van der Waals surface area contributed by atoms with Crippen molar-refractivity contribution in [3.8, 4) is 0 Å². The summed E-state index contributed by atoms with van der Waals surface area (Å²) in [6.45, 7) is 1.75. The van der Waals surface area contributed by atoms with E-state index >= 15 is 0 Å². The van der Waals surface area contributed by atoms with E-state index in [1.54, 1.807) is 19.1 Å². The second kappa shape index (κ2) is 6.16. The highest BCUT2D eigenvalue weighted by molar-refractivity contribution is 9.10. The van der Waals surface area contributed by atoms with Gasteiger partial charge in [-0.2, -0.15) is 0 Å². The number of thioether (sulfide) groups is 1. The Morgan fingerprint density at radius 3 is 2.89 bits per heavy atom. The average Bonchev–Trinajstić information content (AvgIpc) is 2.35. The largest absolute Gasteiger partial charge is 0.301 e. The maximum absolute atomic E-state index is 12.0. The molecule has 0 spiro atoms. The lowest BCUT2D eigenvalue weighted by molar-refractivity contribution is 0.102. The normalized spacial score (nSPS) is 10.4. The molecule has 6 heteroatoms. The number of hydrogen-bond acceptors (Lipinski definition) is 4. The first-order chi connectivity index (χ1) is 9.04. The molecule has 2 aromatic rings. The van der Waals surface area contributed by atoms with E-state index in [0.29, 0.717) is 16.4 Å². The molecule has 0 unspecified atom stereocenters. The van der Waals surface area contributed by atoms with Gasteiger partial charge in [-0.3, -0.25) is 9.59 Å². The van der Waals surface area contributed by atoms with Crippen LogP contribution in [-0.2, 0) is 0 Å². The fraction of sp³-hybridized carbons (Fsp3) is 0.154. The molecular weight excluding hydrogens is 328 g/mol. The molecular formula is C13H11BrN2O2S. The second-order valence-electron chi connectivity index (χ2n) is 3.91. The van der Waals surface area contributed by atoms with Gasteiger partial charge < -0.3 is 4.98 Å². The van der Waals surface area contributed by atoms with E-state index in [1.165, 1.54) is 17.8 Å². The second-order valence-corrected chi connectivity index (χ2v) is 5.79. The Balaban J connectivity index is 2.06. The number of aromatic nitrogens is 2. The van der Waals surface area contributed by atoms with Crippen molar-refractivity contribution in [2.45, 2.75) is 12.1 Å². The van der Waals surface area contributed by atoms with Gasteiger partial charge in [-0.25, -0.2) is 4.98 Å². The van der Waals surface area contributed by atoms with Crippen LogP contribution in [-0.4, -0.2) is 21.5 Å². The minimum absolute atomic E-state index is 0.00421. The Morgan fingerprint density at radius 1 is 1.42 bits per heavy atom. The number of aromatic amines is 1. The van der Waals surface area contributed by atoms with Crippen molar-refractivity contribution in [3.05, 3.63) is 56.4 Å². The zero-order valence-corrected chi connectivity index (χ0v) is 12.5. The van der Waals surface area contributed by atoms with E-state index < -0.39 is 0 Å². The Bertz CT molecular complexity index is 670. The lowest BCUT2D eigenvalue weighted by Crippen LogP contribution is -2.10. The standard InChI is InChI=1S/C13H11BrN2O2S/c1-8-5-12(18)16-13(15-8)19-7-11(17)9-3-2-4-10(14)6-9/h2-6H,7H2,1H3,(H,15,16,18). The van der Waals surface area contributed by atoms with Crippen LogP contribution in [0.2, 0.25) is 0 Å². The molecule has 0 bridgehead atoms. The summed E-state index contributed by atoms with van der Waals surface area (Å²) in [5.74, 6) is 0.235. The first-order valence-electron chi connectivity index (χ1n) is 5.54. The number of aryl methyl sites for hydroxylation is 1. The van der Waals surface area contributed by atoms with Gasteiger partial charge in [-0.1, -0.05) is 39.8 Å². The fourth-order valence-electron chi connectivity index (χ4n) is 1.50. The number of rotatable bonds is 4. The molecule has 19 heavy (non-hydrogen) atoms. The maximum Gasteiger partial charge on any atom is 0.251 e. The van der Waals surface area contributed by atoms with Crippen LogP contribution in [0.1, 0.15) is 16.1 Å². The van der Waals surface area contributed by atoms with Crippen molar-refractivity contribution in [1.29, 1.82) is 0 Å². The van der Waals surface area contributed by atoms with E-state index in [9.17, 15) is 9.59 Å². The van der Waals surface area contributed by atoms with E-state index in [-0.39, 0.29) is 17.1 Å². The zero-order chi connectivity index (χ0) is 13.8. The molecule has 0 aliphatic rings. The molecule has 98 valence electrons. The third-order valence-corrected chi connectivity index (χ3v) is 3.70. The van der Waals surface area contributed by atoms with Crippen LogP contribution in [0, 0.1) is 6.92 Å². The quantitative estimate of drug-likeness (QED) is 0.529. The number of hydrogen-bond donors (Lipinski definition) is 1. The van der Waals surface area contributed by atoms with Crippen molar-refractivity contribution in [3.63, 3.8) is 0 Å². The summed E-state index contributed by atoms with van der Waals surface area (Å²) in [6.07, 6.45) is 0. The SMILES string of the molecule is Cc1cc(=O)[nH]c(SCC(=O)c2cccc(Br)c2)n1. The van der Waals surface area contributed by atoms with Crippen molar-refractivity contribution < 1.29 is 4.79 Å². The predicted octanol–water partition coefficient (Wildman–Crippen LogP) is 2.82. The van der Waals surface area contributed by atoms with Gasteiger partial charge in [0.05, 0.1) is 5.75 Å². The van der Waals surface area contributed by atoms with Gasteiger partial charge in [0.15, 0.2) is 10.9 Å². The molecule has 1 aromatic carbocycles. The number of H-pyrrole nitrogens is 1. The summed E-state index contributed by atoms with van der Waals surface area (Å²) >= 11 is 4.55. The van der Waals surface area contributed by atoms with Crippen LogP contribution in [0.5, 0.6) is 0 Å². The Morgan fingerprint density at radius 2 is 2.21 bits per heavy atom. The lowest BCUT2D eigenvalue weighted by Gasteiger charge is -2.02. The van der Waals surface area contributed by atoms with Crippen LogP contribution in [0.25, 0.3) is 0 Å². The van der Waals surface area contributed by atoms with E-state index in [1.807, 2.05) is 12.1 Å². The molecule has 2 rings (SSSR count). The van der Waals surface area contributed by atoms with Crippen LogP contribution in [0.15, 0.2) is 44.8 Å². The van der Waals surface area contributed by atoms with E-state index in [0.717, 1.165) is 4.47 Å². The molecule has 0 saturated heterocycles. The van der Waals surface area contributed by atoms with Gasteiger partial charge in [0.25, 0.3) is 5.56 Å². The van der Waals surface area contributed by atoms with E-state index in [2.05, 4.69) is 25.9 Å². The Labute approximate surface area is 122 Å². The molecule has 1 heterocycles. The maximum atomic E-state index is 12.0. The smallest absolute Gasteiger partial charge is 0.251 e. The monoisotopic (exact) mass is 338 g/mol. The molecule has 0 aliphatic heterocycles. The number of nitrogens with zero attached hydrogens (tertiary/aromatic N) is 1. The van der Waals surface area contributed by atoms with Gasteiger partial charge >= 0.3 is 0 Å². The van der Waals surface area contributed by atoms with Crippen molar-refractivity contribution in [2.75, 3.05) is 5.75 Å². The zero-order valence-electron chi connectivity index (χ0n) is 10.1. The number of carbonyl (C=O) groups excluding carboxylic acids is 1. The minimum atomic E-state index is -0.204. The first-order valence-corrected chi connectivity index (χ1v) is 7.32. The molecule has 0 fully saturated rings. The van der Waals surface area contributed by atoms with Crippen LogP contribution in [0.4, 0.5) is 0 Å². The fourth-order valence-corrected chi connectivity index (χ4v) is 2.71. The number of carbonyl (C=O) groups is 1. The highest BCUT2D eigenvalue weighted by atomic mass is 79.9. The molecule has 0 radical (unpaired) electrons. The molecule has 1 aromatic heterocycles. The predicted molar refractivity (Wildman–Crippen MR) is 78.8 cm³/mol.